The second-order valence-electron chi connectivity index (χ2n) is 7.82. The van der Waals surface area contributed by atoms with Gasteiger partial charge in [0.1, 0.15) is 5.75 Å². The van der Waals surface area contributed by atoms with Crippen LogP contribution >= 0.6 is 0 Å². The van der Waals surface area contributed by atoms with E-state index in [0.717, 1.165) is 40.9 Å². The first kappa shape index (κ1) is 17.4. The Kier molecular flexibility index (Phi) is 3.94. The molecular formula is C24H21N5O. The molecule has 6 heteroatoms. The first-order chi connectivity index (χ1) is 14.8. The fraction of sp³-hybridized carbons (Fsp3) is 0.167. The number of phenols is 1. The summed E-state index contributed by atoms with van der Waals surface area (Å²) in [6.45, 7) is 2.17. The number of nitrogens with one attached hydrogen (secondary N) is 1. The first-order valence-corrected chi connectivity index (χ1v) is 10.2. The van der Waals surface area contributed by atoms with E-state index in [-0.39, 0.29) is 5.75 Å². The van der Waals surface area contributed by atoms with Gasteiger partial charge in [-0.25, -0.2) is 15.0 Å². The van der Waals surface area contributed by atoms with Crippen molar-refractivity contribution in [3.05, 3.63) is 72.8 Å². The molecule has 0 spiro atoms. The normalized spacial score (nSPS) is 20.3. The Morgan fingerprint density at radius 3 is 2.50 bits per heavy atom. The van der Waals surface area contributed by atoms with Crippen LogP contribution in [0.1, 0.15) is 6.42 Å². The first-order valence-electron chi connectivity index (χ1n) is 10.2. The van der Waals surface area contributed by atoms with Crippen molar-refractivity contribution in [1.82, 2.24) is 20.1 Å². The summed E-state index contributed by atoms with van der Waals surface area (Å²) in [5.41, 5.74) is 7.21. The molecule has 0 radical (unpaired) electrons. The van der Waals surface area contributed by atoms with Gasteiger partial charge in [-0.15, -0.1) is 0 Å². The highest BCUT2D eigenvalue weighted by Gasteiger charge is 2.43. The van der Waals surface area contributed by atoms with Gasteiger partial charge in [0.05, 0.1) is 17.1 Å². The topological polar surface area (TPSA) is 64.5 Å². The third kappa shape index (κ3) is 2.81. The van der Waals surface area contributed by atoms with Gasteiger partial charge in [-0.2, -0.15) is 5.12 Å². The number of hydrazine groups is 2. The monoisotopic (exact) mass is 395 g/mol. The van der Waals surface area contributed by atoms with Crippen molar-refractivity contribution in [3.63, 3.8) is 0 Å². The quantitative estimate of drug-likeness (QED) is 0.537. The minimum absolute atomic E-state index is 0.176. The molecule has 0 saturated carbocycles. The van der Waals surface area contributed by atoms with Crippen LogP contribution in [0.2, 0.25) is 0 Å². The highest BCUT2D eigenvalue weighted by Crippen LogP contribution is 2.35. The smallest absolute Gasteiger partial charge is 0.165 e. The van der Waals surface area contributed by atoms with Crippen LogP contribution in [0.3, 0.4) is 0 Å². The molecule has 1 aromatic heterocycles. The van der Waals surface area contributed by atoms with E-state index in [1.165, 1.54) is 6.42 Å². The average molecular weight is 395 g/mol. The fourth-order valence-electron chi connectivity index (χ4n) is 4.33. The van der Waals surface area contributed by atoms with Gasteiger partial charge in [0.2, 0.25) is 0 Å². The van der Waals surface area contributed by atoms with Crippen molar-refractivity contribution in [2.75, 3.05) is 18.5 Å². The van der Waals surface area contributed by atoms with E-state index in [2.05, 4.69) is 45.9 Å². The van der Waals surface area contributed by atoms with Crippen molar-refractivity contribution in [3.8, 4) is 28.3 Å². The Morgan fingerprint density at radius 2 is 1.73 bits per heavy atom. The number of nitrogens with zero attached hydrogens (tertiary/aromatic N) is 4. The zero-order valence-corrected chi connectivity index (χ0v) is 16.4. The van der Waals surface area contributed by atoms with Crippen LogP contribution in [-0.2, 0) is 0 Å². The van der Waals surface area contributed by atoms with E-state index in [0.29, 0.717) is 17.4 Å². The van der Waals surface area contributed by atoms with Crippen LogP contribution in [0.15, 0.2) is 72.8 Å². The van der Waals surface area contributed by atoms with Gasteiger partial charge < -0.3 is 5.11 Å². The molecule has 30 heavy (non-hydrogen) atoms. The molecule has 3 aliphatic rings. The number of anilines is 1. The molecule has 3 aliphatic heterocycles. The van der Waals surface area contributed by atoms with Crippen molar-refractivity contribution in [2.45, 2.75) is 12.5 Å². The second-order valence-corrected chi connectivity index (χ2v) is 7.82. The Balaban J connectivity index is 1.50. The third-order valence-electron chi connectivity index (χ3n) is 5.96. The molecule has 4 heterocycles. The van der Waals surface area contributed by atoms with Gasteiger partial charge >= 0.3 is 0 Å². The van der Waals surface area contributed by atoms with Gasteiger partial charge in [-0.1, -0.05) is 48.5 Å². The summed E-state index contributed by atoms with van der Waals surface area (Å²) in [5.74, 6) is 1.44. The Hall–Kier alpha value is -3.48. The van der Waals surface area contributed by atoms with Crippen LogP contribution < -0.4 is 5.43 Å². The van der Waals surface area contributed by atoms with Crippen LogP contribution in [0, 0.1) is 0 Å². The maximum absolute atomic E-state index is 10.4. The van der Waals surface area contributed by atoms with Gasteiger partial charge in [0.25, 0.3) is 0 Å². The summed E-state index contributed by atoms with van der Waals surface area (Å²) in [5, 5.41) is 15.8. The molecule has 0 amide bonds. The minimum Gasteiger partial charge on any atom is -0.507 e. The molecule has 148 valence electrons. The largest absolute Gasteiger partial charge is 0.507 e. The van der Waals surface area contributed by atoms with E-state index in [1.54, 1.807) is 12.1 Å². The maximum atomic E-state index is 10.4. The zero-order valence-electron chi connectivity index (χ0n) is 16.4. The Bertz CT molecular complexity index is 1230. The van der Waals surface area contributed by atoms with Crippen LogP contribution in [-0.4, -0.2) is 44.3 Å². The summed E-state index contributed by atoms with van der Waals surface area (Å²) in [7, 11) is 0. The Morgan fingerprint density at radius 1 is 0.900 bits per heavy atom. The molecule has 3 saturated heterocycles. The summed E-state index contributed by atoms with van der Waals surface area (Å²) < 4.78 is 0. The van der Waals surface area contributed by atoms with Gasteiger partial charge in [0, 0.05) is 18.5 Å². The highest BCUT2D eigenvalue weighted by molar-refractivity contribution is 5.93. The lowest BCUT2D eigenvalue weighted by Crippen LogP contribution is -2.59. The zero-order chi connectivity index (χ0) is 20.1. The molecule has 4 aromatic rings. The number of para-hydroxylation sites is 1. The summed E-state index contributed by atoms with van der Waals surface area (Å²) >= 11 is 0. The van der Waals surface area contributed by atoms with Crippen molar-refractivity contribution < 1.29 is 5.11 Å². The molecule has 3 fully saturated rings. The SMILES string of the molecule is Oc1ccccc1-c1nc(NN2[C@H]3CCN2C3)c2ccc(-c3ccccc3)cc2n1. The van der Waals surface area contributed by atoms with Gasteiger partial charge in [-0.3, -0.25) is 5.43 Å². The number of hydrogen-bond acceptors (Lipinski definition) is 6. The molecule has 1 unspecified atom stereocenters. The number of aromatic hydroxyl groups is 1. The van der Waals surface area contributed by atoms with Crippen molar-refractivity contribution in [1.29, 1.82) is 0 Å². The number of aromatic nitrogens is 2. The third-order valence-corrected chi connectivity index (χ3v) is 5.96. The number of fused-ring (bicyclic) bond motifs is 2. The van der Waals surface area contributed by atoms with Crippen molar-refractivity contribution in [2.24, 2.45) is 0 Å². The lowest BCUT2D eigenvalue weighted by atomic mass is 10.0. The lowest BCUT2D eigenvalue weighted by Gasteiger charge is -2.42. The molecular weight excluding hydrogens is 374 g/mol. The van der Waals surface area contributed by atoms with E-state index < -0.39 is 0 Å². The minimum atomic E-state index is 0.176. The second kappa shape index (κ2) is 6.79. The van der Waals surface area contributed by atoms with Crippen LogP contribution in [0.5, 0.6) is 5.75 Å². The molecule has 6 nitrogen and oxygen atoms in total. The molecule has 2 bridgehead atoms. The lowest BCUT2D eigenvalue weighted by molar-refractivity contribution is -0.0759. The fourth-order valence-corrected chi connectivity index (χ4v) is 4.33. The molecule has 2 atom stereocenters. The Labute approximate surface area is 174 Å². The molecule has 0 aliphatic carbocycles. The van der Waals surface area contributed by atoms with Gasteiger partial charge in [0.15, 0.2) is 11.6 Å². The molecule has 7 rings (SSSR count). The number of rotatable bonds is 4. The maximum Gasteiger partial charge on any atom is 0.165 e. The van der Waals surface area contributed by atoms with E-state index in [9.17, 15) is 5.11 Å². The number of benzene rings is 3. The summed E-state index contributed by atoms with van der Waals surface area (Å²) in [4.78, 5) is 9.62. The number of phenolic OH excluding ortho intramolecular Hbond substituents is 1. The highest BCUT2D eigenvalue weighted by atomic mass is 16.3. The predicted octanol–water partition coefficient (Wildman–Crippen LogP) is 4.30. The van der Waals surface area contributed by atoms with Crippen LogP contribution in [0.25, 0.3) is 33.4 Å². The van der Waals surface area contributed by atoms with E-state index in [4.69, 9.17) is 9.97 Å². The van der Waals surface area contributed by atoms with Crippen LogP contribution in [0.4, 0.5) is 5.82 Å². The van der Waals surface area contributed by atoms with E-state index in [1.807, 2.05) is 30.3 Å². The van der Waals surface area contributed by atoms with Crippen molar-refractivity contribution >= 4 is 16.7 Å². The average Bonchev–Trinajstić information content (AvgIpc) is 3.43. The van der Waals surface area contributed by atoms with E-state index >= 15 is 0 Å². The molecule has 2 N–H and O–H groups in total. The standard InChI is InChI=1S/C24H21N5O/c30-22-9-5-4-8-20(22)23-25-21-14-17(16-6-2-1-3-7-16)10-11-19(21)24(26-23)27-29-18-12-13-28(29)15-18/h1-11,14,18,30H,12-13,15H2,(H,25,26,27)/t18-/m0/s1. The molecule has 3 aromatic carbocycles. The van der Waals surface area contributed by atoms with Gasteiger partial charge in [-0.05, 0) is 41.8 Å². The predicted molar refractivity (Wildman–Crippen MR) is 118 cm³/mol. The summed E-state index contributed by atoms with van der Waals surface area (Å²) in [6, 6.07) is 24.3. The number of hydrogen-bond donors (Lipinski definition) is 2. The summed E-state index contributed by atoms with van der Waals surface area (Å²) in [6.07, 6.45) is 1.17.